The Morgan fingerprint density at radius 2 is 1.92 bits per heavy atom. The molecule has 0 unspecified atom stereocenters. The van der Waals surface area contributed by atoms with Crippen molar-refractivity contribution in [3.8, 4) is 11.3 Å². The highest BCUT2D eigenvalue weighted by molar-refractivity contribution is 6.11. The maximum atomic E-state index is 12.3. The lowest BCUT2D eigenvalue weighted by Gasteiger charge is -2.23. The Bertz CT molecular complexity index is 966. The second-order valence-electron chi connectivity index (χ2n) is 7.29. The van der Waals surface area contributed by atoms with E-state index in [9.17, 15) is 4.79 Å². The smallest absolute Gasteiger partial charge is 0.189 e. The lowest BCUT2D eigenvalue weighted by atomic mass is 9.90. The Hall–Kier alpha value is -2.43. The van der Waals surface area contributed by atoms with Gasteiger partial charge in [0.15, 0.2) is 5.78 Å². The predicted octanol–water partition coefficient (Wildman–Crippen LogP) is 4.01. The second-order valence-corrected chi connectivity index (χ2v) is 7.29. The summed E-state index contributed by atoms with van der Waals surface area (Å²) >= 11 is 0. The van der Waals surface area contributed by atoms with E-state index in [-0.39, 0.29) is 12.4 Å². The number of hydrogen-bond acceptors (Lipinski definition) is 3. The van der Waals surface area contributed by atoms with Gasteiger partial charge in [-0.3, -0.25) is 4.79 Å². The minimum absolute atomic E-state index is 0.0556. The molecule has 1 fully saturated rings. The molecule has 132 valence electrons. The molecule has 1 saturated heterocycles. The molecule has 2 N–H and O–H groups in total. The highest BCUT2D eigenvalue weighted by Crippen LogP contribution is 2.35. The van der Waals surface area contributed by atoms with Crippen molar-refractivity contribution in [2.75, 3.05) is 19.7 Å². The van der Waals surface area contributed by atoms with E-state index in [1.165, 1.54) is 18.4 Å². The van der Waals surface area contributed by atoms with Gasteiger partial charge in [-0.25, -0.2) is 0 Å². The van der Waals surface area contributed by atoms with Crippen LogP contribution in [0.2, 0.25) is 0 Å². The molecule has 1 atom stereocenters. The molecule has 0 saturated carbocycles. The van der Waals surface area contributed by atoms with Crippen LogP contribution in [-0.4, -0.2) is 30.5 Å². The number of ether oxygens (including phenoxy) is 1. The van der Waals surface area contributed by atoms with Crippen molar-refractivity contribution in [3.63, 3.8) is 0 Å². The first-order valence-electron chi connectivity index (χ1n) is 9.37. The number of H-pyrrole nitrogens is 1. The fourth-order valence-electron chi connectivity index (χ4n) is 4.32. The van der Waals surface area contributed by atoms with Crippen LogP contribution in [0.1, 0.15) is 40.2 Å². The molecule has 0 bridgehead atoms. The molecule has 3 heterocycles. The molecule has 5 rings (SSSR count). The fraction of sp³-hybridized carbons (Fsp3) is 0.318. The topological polar surface area (TPSA) is 54.1 Å². The van der Waals surface area contributed by atoms with Crippen molar-refractivity contribution in [1.29, 1.82) is 0 Å². The Labute approximate surface area is 152 Å². The molecular weight excluding hydrogens is 324 g/mol. The van der Waals surface area contributed by atoms with Crippen LogP contribution >= 0.6 is 0 Å². The summed E-state index contributed by atoms with van der Waals surface area (Å²) in [7, 11) is 0. The number of aromatic nitrogens is 1. The summed E-state index contributed by atoms with van der Waals surface area (Å²) in [6.45, 7) is 2.82. The number of carbonyl (C=O) groups excluding carboxylic acids is 1. The third-order valence-corrected chi connectivity index (χ3v) is 5.68. The van der Waals surface area contributed by atoms with Crippen molar-refractivity contribution in [1.82, 2.24) is 10.3 Å². The summed E-state index contributed by atoms with van der Waals surface area (Å²) in [6.07, 6.45) is 2.50. The van der Waals surface area contributed by atoms with Gasteiger partial charge < -0.3 is 15.0 Å². The zero-order valence-electron chi connectivity index (χ0n) is 14.7. The van der Waals surface area contributed by atoms with Crippen LogP contribution in [0.4, 0.5) is 0 Å². The van der Waals surface area contributed by atoms with E-state index in [1.807, 2.05) is 18.2 Å². The van der Waals surface area contributed by atoms with Crippen molar-refractivity contribution >= 4 is 16.7 Å². The lowest BCUT2D eigenvalue weighted by Crippen LogP contribution is -2.28. The molecule has 0 aliphatic carbocycles. The number of piperidine rings is 1. The van der Waals surface area contributed by atoms with Gasteiger partial charge in [0.05, 0.1) is 12.3 Å². The van der Waals surface area contributed by atoms with Gasteiger partial charge in [0, 0.05) is 28.6 Å². The molecule has 2 aromatic carbocycles. The Kier molecular flexibility index (Phi) is 3.88. The van der Waals surface area contributed by atoms with E-state index < -0.39 is 0 Å². The molecule has 4 heteroatoms. The predicted molar refractivity (Wildman–Crippen MR) is 103 cm³/mol. The highest BCUT2D eigenvalue weighted by Gasteiger charge is 2.23. The molecular formula is C22H22N2O2. The number of ketones is 1. The van der Waals surface area contributed by atoms with Gasteiger partial charge in [-0.05, 0) is 42.5 Å². The van der Waals surface area contributed by atoms with Gasteiger partial charge in [-0.2, -0.15) is 0 Å². The number of nitrogens with one attached hydrogen (secondary N) is 2. The molecule has 3 aromatic rings. The summed E-state index contributed by atoms with van der Waals surface area (Å²) in [5.41, 5.74) is 6.47. The molecule has 0 amide bonds. The Morgan fingerprint density at radius 3 is 2.73 bits per heavy atom. The van der Waals surface area contributed by atoms with Crippen LogP contribution in [0.5, 0.6) is 0 Å². The first-order chi connectivity index (χ1) is 12.8. The normalized spacial score (nSPS) is 20.3. The summed E-state index contributed by atoms with van der Waals surface area (Å²) in [4.78, 5) is 15.8. The minimum atomic E-state index is 0.0556. The van der Waals surface area contributed by atoms with Crippen LogP contribution in [0, 0.1) is 0 Å². The number of carbonyl (C=O) groups is 1. The first kappa shape index (κ1) is 15.8. The van der Waals surface area contributed by atoms with Crippen LogP contribution in [0.15, 0.2) is 42.5 Å². The molecule has 4 nitrogen and oxygen atoms in total. The lowest BCUT2D eigenvalue weighted by molar-refractivity contribution is 0.0742. The number of Topliss-reactive ketones (excluding diaryl/α,β-unsaturated/α-hetero) is 1. The molecule has 26 heavy (non-hydrogen) atoms. The van der Waals surface area contributed by atoms with E-state index >= 15 is 0 Å². The van der Waals surface area contributed by atoms with Crippen molar-refractivity contribution in [3.05, 3.63) is 59.2 Å². The monoisotopic (exact) mass is 346 g/mol. The van der Waals surface area contributed by atoms with Gasteiger partial charge in [0.25, 0.3) is 0 Å². The fourth-order valence-corrected chi connectivity index (χ4v) is 4.32. The quantitative estimate of drug-likeness (QED) is 0.737. The molecule has 2 aliphatic heterocycles. The molecule has 0 radical (unpaired) electrons. The summed E-state index contributed by atoms with van der Waals surface area (Å²) in [5.74, 6) is 0.662. The van der Waals surface area contributed by atoms with Gasteiger partial charge in [0.1, 0.15) is 6.61 Å². The van der Waals surface area contributed by atoms with E-state index in [1.54, 1.807) is 0 Å². The zero-order valence-corrected chi connectivity index (χ0v) is 14.7. The first-order valence-corrected chi connectivity index (χ1v) is 9.37. The SMILES string of the molecule is O=C1COCc2c(-c3ccc([C@@H]4CCCNC4)cc3)[nH]c3cccc1c23. The maximum Gasteiger partial charge on any atom is 0.189 e. The third-order valence-electron chi connectivity index (χ3n) is 5.68. The number of hydrogen-bond donors (Lipinski definition) is 2. The van der Waals surface area contributed by atoms with E-state index in [0.717, 1.165) is 46.4 Å². The van der Waals surface area contributed by atoms with Crippen molar-refractivity contribution in [2.24, 2.45) is 0 Å². The van der Waals surface area contributed by atoms with Gasteiger partial charge in [0.2, 0.25) is 0 Å². The van der Waals surface area contributed by atoms with Crippen LogP contribution < -0.4 is 5.32 Å². The number of rotatable bonds is 2. The minimum Gasteiger partial charge on any atom is -0.369 e. The van der Waals surface area contributed by atoms with E-state index in [2.05, 4.69) is 34.6 Å². The largest absolute Gasteiger partial charge is 0.369 e. The van der Waals surface area contributed by atoms with E-state index in [0.29, 0.717) is 12.5 Å². The highest BCUT2D eigenvalue weighted by atomic mass is 16.5. The molecule has 2 aliphatic rings. The van der Waals surface area contributed by atoms with Gasteiger partial charge in [-0.1, -0.05) is 36.4 Å². The molecule has 0 spiro atoms. The average molecular weight is 346 g/mol. The maximum absolute atomic E-state index is 12.3. The van der Waals surface area contributed by atoms with Gasteiger partial charge >= 0.3 is 0 Å². The second kappa shape index (κ2) is 6.38. The van der Waals surface area contributed by atoms with Crippen molar-refractivity contribution < 1.29 is 9.53 Å². The van der Waals surface area contributed by atoms with E-state index in [4.69, 9.17) is 4.74 Å². The number of aromatic amines is 1. The standard InChI is InChI=1S/C22H22N2O2/c25-20-13-26-12-18-21-17(20)4-1-5-19(21)24-22(18)15-8-6-14(7-9-15)16-3-2-10-23-11-16/h1,4-9,16,23-24H,2-3,10-13H2/t16-/m1/s1. The summed E-state index contributed by atoms with van der Waals surface area (Å²) in [5, 5.41) is 4.50. The van der Waals surface area contributed by atoms with Crippen molar-refractivity contribution in [2.45, 2.75) is 25.4 Å². The van der Waals surface area contributed by atoms with Crippen LogP contribution in [0.25, 0.3) is 22.2 Å². The summed E-state index contributed by atoms with van der Waals surface area (Å²) < 4.78 is 5.64. The third kappa shape index (κ3) is 2.57. The average Bonchev–Trinajstić information content (AvgIpc) is 2.98. The zero-order chi connectivity index (χ0) is 17.5. The Balaban J connectivity index is 1.57. The van der Waals surface area contributed by atoms with Crippen LogP contribution in [-0.2, 0) is 11.3 Å². The number of benzene rings is 2. The molecule has 1 aromatic heterocycles. The van der Waals surface area contributed by atoms with Crippen LogP contribution in [0.3, 0.4) is 0 Å². The Morgan fingerprint density at radius 1 is 1.04 bits per heavy atom. The van der Waals surface area contributed by atoms with Gasteiger partial charge in [-0.15, -0.1) is 0 Å². The summed E-state index contributed by atoms with van der Waals surface area (Å²) in [6, 6.07) is 14.7.